The molecule has 0 bridgehead atoms. The summed E-state index contributed by atoms with van der Waals surface area (Å²) in [5.41, 5.74) is 6.03. The SMILES string of the molecule is Cc1ccccc1N1CCN(c2ccc(C(=O)NCCc3ccccc3C#N)cc2NC(=O)c2coc(C3CC3)n2)CC1. The van der Waals surface area contributed by atoms with Gasteiger partial charge in [0, 0.05) is 49.9 Å². The number of carbonyl (C=O) groups excluding carboxylic acids is 2. The third-order valence-electron chi connectivity index (χ3n) is 8.08. The van der Waals surface area contributed by atoms with Gasteiger partial charge >= 0.3 is 0 Å². The first-order valence-corrected chi connectivity index (χ1v) is 14.7. The van der Waals surface area contributed by atoms with Gasteiger partial charge in [-0.1, -0.05) is 36.4 Å². The number of rotatable bonds is 9. The molecule has 4 aromatic rings. The molecule has 1 aliphatic heterocycles. The average Bonchev–Trinajstić information content (AvgIpc) is 3.77. The summed E-state index contributed by atoms with van der Waals surface area (Å²) >= 11 is 0. The second-order valence-electron chi connectivity index (χ2n) is 11.1. The van der Waals surface area contributed by atoms with Crippen LogP contribution in [-0.2, 0) is 6.42 Å². The fourth-order valence-electron chi connectivity index (χ4n) is 5.52. The monoisotopic (exact) mass is 574 g/mol. The van der Waals surface area contributed by atoms with Crippen molar-refractivity contribution in [1.29, 1.82) is 5.26 Å². The van der Waals surface area contributed by atoms with Crippen LogP contribution in [-0.4, -0.2) is 49.5 Å². The molecule has 1 aliphatic carbocycles. The van der Waals surface area contributed by atoms with Crippen LogP contribution < -0.4 is 20.4 Å². The van der Waals surface area contributed by atoms with E-state index in [-0.39, 0.29) is 17.5 Å². The van der Waals surface area contributed by atoms with E-state index in [1.54, 1.807) is 18.2 Å². The lowest BCUT2D eigenvalue weighted by molar-refractivity contribution is 0.0952. The van der Waals surface area contributed by atoms with Crippen LogP contribution in [0.3, 0.4) is 0 Å². The van der Waals surface area contributed by atoms with Gasteiger partial charge in [0.15, 0.2) is 11.6 Å². The van der Waals surface area contributed by atoms with Crippen molar-refractivity contribution in [1.82, 2.24) is 10.3 Å². The molecule has 0 spiro atoms. The fraction of sp³-hybridized carbons (Fsp3) is 0.294. The molecule has 2 heterocycles. The van der Waals surface area contributed by atoms with E-state index < -0.39 is 0 Å². The summed E-state index contributed by atoms with van der Waals surface area (Å²) in [6, 6.07) is 23.4. The number of piperazine rings is 1. The Hall–Kier alpha value is -5.10. The Bertz CT molecular complexity index is 1680. The van der Waals surface area contributed by atoms with Crippen LogP contribution in [0.25, 0.3) is 0 Å². The van der Waals surface area contributed by atoms with E-state index in [9.17, 15) is 14.9 Å². The smallest absolute Gasteiger partial charge is 0.277 e. The van der Waals surface area contributed by atoms with Crippen LogP contribution in [0.2, 0.25) is 0 Å². The number of nitrogens with zero attached hydrogens (tertiary/aromatic N) is 4. The molecule has 218 valence electrons. The number of oxazole rings is 1. The van der Waals surface area contributed by atoms with E-state index >= 15 is 0 Å². The van der Waals surface area contributed by atoms with Gasteiger partial charge < -0.3 is 24.9 Å². The minimum absolute atomic E-state index is 0.225. The van der Waals surface area contributed by atoms with E-state index in [0.717, 1.165) is 50.3 Å². The summed E-state index contributed by atoms with van der Waals surface area (Å²) < 4.78 is 5.54. The molecule has 2 fully saturated rings. The molecule has 0 radical (unpaired) electrons. The van der Waals surface area contributed by atoms with Gasteiger partial charge in [0.1, 0.15) is 6.26 Å². The normalized spacial score (nSPS) is 14.7. The molecule has 2 amide bonds. The number of nitriles is 1. The first-order valence-electron chi connectivity index (χ1n) is 14.7. The molecule has 0 unspecified atom stereocenters. The van der Waals surface area contributed by atoms with Crippen LogP contribution in [0.15, 0.2) is 77.4 Å². The molecule has 1 saturated carbocycles. The van der Waals surface area contributed by atoms with Gasteiger partial charge in [0.05, 0.1) is 23.0 Å². The zero-order valence-electron chi connectivity index (χ0n) is 24.2. The van der Waals surface area contributed by atoms with E-state index in [0.29, 0.717) is 41.6 Å². The van der Waals surface area contributed by atoms with Gasteiger partial charge in [-0.2, -0.15) is 5.26 Å². The van der Waals surface area contributed by atoms with Crippen molar-refractivity contribution in [2.45, 2.75) is 32.1 Å². The molecule has 9 nitrogen and oxygen atoms in total. The van der Waals surface area contributed by atoms with Gasteiger partial charge in [-0.25, -0.2) is 4.98 Å². The number of carbonyl (C=O) groups is 2. The first-order chi connectivity index (χ1) is 21.0. The number of hydrogen-bond donors (Lipinski definition) is 2. The molecular weight excluding hydrogens is 540 g/mol. The Morgan fingerprint density at radius 2 is 1.67 bits per heavy atom. The average molecular weight is 575 g/mol. The number of aryl methyl sites for hydroxylation is 1. The Kier molecular flexibility index (Phi) is 8.09. The van der Waals surface area contributed by atoms with Gasteiger partial charge in [-0.3, -0.25) is 9.59 Å². The zero-order valence-corrected chi connectivity index (χ0v) is 24.2. The highest BCUT2D eigenvalue weighted by Gasteiger charge is 2.30. The van der Waals surface area contributed by atoms with Crippen LogP contribution in [0.1, 0.15) is 62.2 Å². The molecular formula is C34H34N6O3. The molecule has 6 rings (SSSR count). The molecule has 43 heavy (non-hydrogen) atoms. The summed E-state index contributed by atoms with van der Waals surface area (Å²) in [5, 5.41) is 15.3. The van der Waals surface area contributed by atoms with Crippen LogP contribution in [0.4, 0.5) is 17.1 Å². The predicted octanol–water partition coefficient (Wildman–Crippen LogP) is 5.28. The lowest BCUT2D eigenvalue weighted by Gasteiger charge is -2.38. The summed E-state index contributed by atoms with van der Waals surface area (Å²) in [5.74, 6) is 0.275. The van der Waals surface area contributed by atoms with Crippen molar-refractivity contribution in [3.8, 4) is 6.07 Å². The maximum absolute atomic E-state index is 13.3. The Labute approximate surface area is 251 Å². The highest BCUT2D eigenvalue weighted by atomic mass is 16.3. The van der Waals surface area contributed by atoms with Crippen molar-refractivity contribution in [2.75, 3.05) is 47.8 Å². The second-order valence-corrected chi connectivity index (χ2v) is 11.1. The molecule has 1 aromatic heterocycles. The molecule has 0 atom stereocenters. The summed E-state index contributed by atoms with van der Waals surface area (Å²) in [6.07, 6.45) is 4.00. The van der Waals surface area contributed by atoms with Crippen molar-refractivity contribution in [2.24, 2.45) is 0 Å². The summed E-state index contributed by atoms with van der Waals surface area (Å²) in [6.45, 7) is 5.69. The molecule has 9 heteroatoms. The lowest BCUT2D eigenvalue weighted by Crippen LogP contribution is -2.47. The number of aromatic nitrogens is 1. The standard InChI is InChI=1S/C34H34N6O3/c1-23-6-2-5-9-30(23)39-16-18-40(19-17-39)31-13-12-26(32(41)36-15-14-24-7-3-4-8-27(24)21-35)20-28(31)37-33(42)29-22-43-34(38-29)25-10-11-25/h2-9,12-13,20,22,25H,10-11,14-19H2,1H3,(H,36,41)(H,37,42). The minimum Gasteiger partial charge on any atom is -0.448 e. The van der Waals surface area contributed by atoms with Crippen molar-refractivity contribution in [3.63, 3.8) is 0 Å². The molecule has 2 aliphatic rings. The summed E-state index contributed by atoms with van der Waals surface area (Å²) in [7, 11) is 0. The fourth-order valence-corrected chi connectivity index (χ4v) is 5.52. The Morgan fingerprint density at radius 3 is 2.42 bits per heavy atom. The lowest BCUT2D eigenvalue weighted by atomic mass is 10.1. The van der Waals surface area contributed by atoms with E-state index in [2.05, 4.69) is 62.7 Å². The zero-order chi connectivity index (χ0) is 29.8. The van der Waals surface area contributed by atoms with Crippen molar-refractivity contribution in [3.05, 3.63) is 107 Å². The van der Waals surface area contributed by atoms with E-state index in [4.69, 9.17) is 4.42 Å². The van der Waals surface area contributed by atoms with Gasteiger partial charge in [0.2, 0.25) is 0 Å². The number of benzene rings is 3. The van der Waals surface area contributed by atoms with Crippen molar-refractivity contribution >= 4 is 28.9 Å². The molecule has 3 aromatic carbocycles. The number of para-hydroxylation sites is 1. The highest BCUT2D eigenvalue weighted by molar-refractivity contribution is 6.06. The van der Waals surface area contributed by atoms with E-state index in [1.807, 2.05) is 24.3 Å². The van der Waals surface area contributed by atoms with Gasteiger partial charge in [0.25, 0.3) is 11.8 Å². The number of hydrogen-bond acceptors (Lipinski definition) is 7. The summed E-state index contributed by atoms with van der Waals surface area (Å²) in [4.78, 5) is 35.5. The Morgan fingerprint density at radius 1 is 0.953 bits per heavy atom. The number of amides is 2. The van der Waals surface area contributed by atoms with Gasteiger partial charge in [-0.05, 0) is 67.6 Å². The number of nitrogens with one attached hydrogen (secondary N) is 2. The molecule has 2 N–H and O–H groups in total. The quantitative estimate of drug-likeness (QED) is 0.279. The van der Waals surface area contributed by atoms with E-state index in [1.165, 1.54) is 17.5 Å². The maximum atomic E-state index is 13.3. The molecule has 1 saturated heterocycles. The highest BCUT2D eigenvalue weighted by Crippen LogP contribution is 2.39. The van der Waals surface area contributed by atoms with Crippen molar-refractivity contribution < 1.29 is 14.0 Å². The predicted molar refractivity (Wildman–Crippen MR) is 166 cm³/mol. The Balaban J connectivity index is 1.19. The second kappa shape index (κ2) is 12.4. The largest absolute Gasteiger partial charge is 0.448 e. The minimum atomic E-state index is -0.374. The van der Waals surface area contributed by atoms with Crippen LogP contribution in [0.5, 0.6) is 0 Å². The van der Waals surface area contributed by atoms with Gasteiger partial charge in [-0.15, -0.1) is 0 Å². The third kappa shape index (κ3) is 6.38. The number of anilines is 3. The van der Waals surface area contributed by atoms with Crippen LogP contribution in [0, 0.1) is 18.3 Å². The third-order valence-corrected chi connectivity index (χ3v) is 8.08. The first kappa shape index (κ1) is 28.0. The topological polar surface area (TPSA) is 114 Å². The van der Waals surface area contributed by atoms with Crippen LogP contribution >= 0.6 is 0 Å². The maximum Gasteiger partial charge on any atom is 0.277 e.